The highest BCUT2D eigenvalue weighted by atomic mass is 16.5. The van der Waals surface area contributed by atoms with Gasteiger partial charge < -0.3 is 15.6 Å². The summed E-state index contributed by atoms with van der Waals surface area (Å²) in [6, 6.07) is 5.05. The first-order valence-corrected chi connectivity index (χ1v) is 4.64. The van der Waals surface area contributed by atoms with Crippen LogP contribution in [-0.2, 0) is 22.5 Å². The highest BCUT2D eigenvalue weighted by Crippen LogP contribution is 2.25. The summed E-state index contributed by atoms with van der Waals surface area (Å²) in [6.45, 7) is 0.162. The molecule has 16 heavy (non-hydrogen) atoms. The quantitative estimate of drug-likeness (QED) is 0.720. The molecule has 0 saturated heterocycles. The molecule has 84 valence electrons. The number of nitrogens with zero attached hydrogens (tertiary/aromatic N) is 1. The Balaban J connectivity index is 3.15. The van der Waals surface area contributed by atoms with E-state index in [1.165, 1.54) is 7.11 Å². The second kappa shape index (κ2) is 5.14. The number of phenolic OH excluding ortho intramolecular Hbond substituents is 1. The molecule has 1 aromatic carbocycles. The van der Waals surface area contributed by atoms with Crippen molar-refractivity contribution in [2.45, 2.75) is 13.0 Å². The van der Waals surface area contributed by atoms with E-state index in [-0.39, 0.29) is 24.3 Å². The number of methoxy groups -OCH3 is 1. The third-order valence-corrected chi connectivity index (χ3v) is 2.24. The molecule has 1 aromatic rings. The molecule has 0 aliphatic carbocycles. The SMILES string of the molecule is COC(=O)Cc1ccc(CN)c(C#N)c1O. The number of phenols is 1. The van der Waals surface area contributed by atoms with Crippen LogP contribution in [0.3, 0.4) is 0 Å². The number of aromatic hydroxyl groups is 1. The summed E-state index contributed by atoms with van der Waals surface area (Å²) in [6.07, 6.45) is -0.0676. The van der Waals surface area contributed by atoms with Gasteiger partial charge in [-0.3, -0.25) is 4.79 Å². The standard InChI is InChI=1S/C11H12N2O3/c1-16-10(14)4-7-2-3-8(5-12)9(6-13)11(7)15/h2-3,15H,4-5,12H2,1H3. The number of carbonyl (C=O) groups is 1. The molecular weight excluding hydrogens is 208 g/mol. The maximum absolute atomic E-state index is 11.0. The number of nitrogens with two attached hydrogens (primary N) is 1. The predicted molar refractivity (Wildman–Crippen MR) is 56.4 cm³/mol. The Bertz CT molecular complexity index is 449. The van der Waals surface area contributed by atoms with Gasteiger partial charge in [-0.15, -0.1) is 0 Å². The van der Waals surface area contributed by atoms with Crippen molar-refractivity contribution in [3.05, 3.63) is 28.8 Å². The van der Waals surface area contributed by atoms with Crippen molar-refractivity contribution in [2.24, 2.45) is 5.73 Å². The van der Waals surface area contributed by atoms with E-state index in [2.05, 4.69) is 4.74 Å². The number of rotatable bonds is 3. The summed E-state index contributed by atoms with van der Waals surface area (Å²) in [7, 11) is 1.26. The van der Waals surface area contributed by atoms with E-state index in [9.17, 15) is 9.90 Å². The monoisotopic (exact) mass is 220 g/mol. The van der Waals surface area contributed by atoms with Crippen molar-refractivity contribution in [1.29, 1.82) is 5.26 Å². The molecule has 0 amide bonds. The number of benzene rings is 1. The first-order valence-electron chi connectivity index (χ1n) is 4.64. The Morgan fingerprint density at radius 1 is 1.56 bits per heavy atom. The Morgan fingerprint density at radius 3 is 2.69 bits per heavy atom. The number of ether oxygens (including phenoxy) is 1. The normalized spacial score (nSPS) is 9.56. The summed E-state index contributed by atoms with van der Waals surface area (Å²) in [5.74, 6) is -0.671. The van der Waals surface area contributed by atoms with E-state index >= 15 is 0 Å². The molecular formula is C11H12N2O3. The third kappa shape index (κ3) is 2.30. The van der Waals surface area contributed by atoms with Gasteiger partial charge in [0.1, 0.15) is 11.8 Å². The first-order chi connectivity index (χ1) is 7.63. The molecule has 0 atom stereocenters. The van der Waals surface area contributed by atoms with Crippen molar-refractivity contribution in [2.75, 3.05) is 7.11 Å². The minimum atomic E-state index is -0.473. The Hall–Kier alpha value is -2.06. The van der Waals surface area contributed by atoms with Gasteiger partial charge in [-0.05, 0) is 5.56 Å². The number of carbonyl (C=O) groups excluding carboxylic acids is 1. The fourth-order valence-corrected chi connectivity index (χ4v) is 1.34. The van der Waals surface area contributed by atoms with Crippen molar-refractivity contribution in [3.63, 3.8) is 0 Å². The van der Waals surface area contributed by atoms with Gasteiger partial charge in [0, 0.05) is 12.1 Å². The van der Waals surface area contributed by atoms with Gasteiger partial charge in [0.25, 0.3) is 0 Å². The van der Waals surface area contributed by atoms with Crippen molar-refractivity contribution < 1.29 is 14.6 Å². The Labute approximate surface area is 93.1 Å². The van der Waals surface area contributed by atoms with Gasteiger partial charge in [0.15, 0.2) is 0 Å². The molecule has 0 fully saturated rings. The minimum Gasteiger partial charge on any atom is -0.506 e. The second-order valence-corrected chi connectivity index (χ2v) is 3.18. The van der Waals surface area contributed by atoms with Crippen molar-refractivity contribution in [3.8, 4) is 11.8 Å². The molecule has 5 nitrogen and oxygen atoms in total. The number of esters is 1. The lowest BCUT2D eigenvalue weighted by Gasteiger charge is -2.08. The van der Waals surface area contributed by atoms with E-state index in [0.717, 1.165) is 0 Å². The number of hydrogen-bond donors (Lipinski definition) is 2. The zero-order valence-corrected chi connectivity index (χ0v) is 8.86. The predicted octanol–water partition coefficient (Wildman–Crippen LogP) is 0.438. The van der Waals surface area contributed by atoms with Crippen LogP contribution < -0.4 is 5.73 Å². The van der Waals surface area contributed by atoms with Crippen LogP contribution in [0.5, 0.6) is 5.75 Å². The molecule has 0 bridgehead atoms. The summed E-state index contributed by atoms with van der Waals surface area (Å²) < 4.78 is 4.48. The van der Waals surface area contributed by atoms with Crippen LogP contribution in [0.25, 0.3) is 0 Å². The van der Waals surface area contributed by atoms with Gasteiger partial charge in [0.2, 0.25) is 0 Å². The lowest BCUT2D eigenvalue weighted by molar-refractivity contribution is -0.139. The molecule has 0 unspecified atom stereocenters. The number of nitriles is 1. The van der Waals surface area contributed by atoms with Crippen LogP contribution in [-0.4, -0.2) is 18.2 Å². The van der Waals surface area contributed by atoms with Crippen molar-refractivity contribution in [1.82, 2.24) is 0 Å². The average molecular weight is 220 g/mol. The van der Waals surface area contributed by atoms with Crippen LogP contribution >= 0.6 is 0 Å². The average Bonchev–Trinajstić information content (AvgIpc) is 2.31. The molecule has 0 heterocycles. The van der Waals surface area contributed by atoms with Crippen LogP contribution in [0, 0.1) is 11.3 Å². The van der Waals surface area contributed by atoms with Crippen molar-refractivity contribution >= 4 is 5.97 Å². The van der Waals surface area contributed by atoms with E-state index in [1.807, 2.05) is 6.07 Å². The smallest absolute Gasteiger partial charge is 0.310 e. The minimum absolute atomic E-state index is 0.0676. The first kappa shape index (κ1) is 12.0. The van der Waals surface area contributed by atoms with Gasteiger partial charge >= 0.3 is 5.97 Å². The summed E-state index contributed by atoms with van der Waals surface area (Å²) >= 11 is 0. The second-order valence-electron chi connectivity index (χ2n) is 3.18. The highest BCUT2D eigenvalue weighted by Gasteiger charge is 2.14. The van der Waals surface area contributed by atoms with E-state index in [1.54, 1.807) is 12.1 Å². The fourth-order valence-electron chi connectivity index (χ4n) is 1.34. The van der Waals surface area contributed by atoms with Crippen LogP contribution in [0.2, 0.25) is 0 Å². The van der Waals surface area contributed by atoms with E-state index < -0.39 is 5.97 Å². The summed E-state index contributed by atoms with van der Waals surface area (Å²) in [4.78, 5) is 11.0. The third-order valence-electron chi connectivity index (χ3n) is 2.24. The zero-order valence-electron chi connectivity index (χ0n) is 8.86. The molecule has 1 rings (SSSR count). The topological polar surface area (TPSA) is 96.3 Å². The van der Waals surface area contributed by atoms with Crippen LogP contribution in [0.4, 0.5) is 0 Å². The van der Waals surface area contributed by atoms with E-state index in [0.29, 0.717) is 11.1 Å². The lowest BCUT2D eigenvalue weighted by atomic mass is 10.0. The Kier molecular flexibility index (Phi) is 3.86. The molecule has 0 aliphatic rings. The molecule has 5 heteroatoms. The maximum atomic E-state index is 11.0. The molecule has 0 saturated carbocycles. The maximum Gasteiger partial charge on any atom is 0.310 e. The zero-order chi connectivity index (χ0) is 12.1. The Morgan fingerprint density at radius 2 is 2.19 bits per heavy atom. The van der Waals surface area contributed by atoms with Crippen LogP contribution in [0.15, 0.2) is 12.1 Å². The summed E-state index contributed by atoms with van der Waals surface area (Å²) in [5, 5.41) is 18.6. The number of hydrogen-bond acceptors (Lipinski definition) is 5. The highest BCUT2D eigenvalue weighted by molar-refractivity contribution is 5.74. The lowest BCUT2D eigenvalue weighted by Crippen LogP contribution is -2.07. The summed E-state index contributed by atoms with van der Waals surface area (Å²) in [5.41, 5.74) is 6.44. The molecule has 0 spiro atoms. The van der Waals surface area contributed by atoms with E-state index in [4.69, 9.17) is 11.0 Å². The van der Waals surface area contributed by atoms with Gasteiger partial charge in [-0.25, -0.2) is 0 Å². The van der Waals surface area contributed by atoms with Gasteiger partial charge in [-0.2, -0.15) is 5.26 Å². The van der Waals surface area contributed by atoms with Gasteiger partial charge in [-0.1, -0.05) is 12.1 Å². The molecule has 0 aromatic heterocycles. The molecule has 0 aliphatic heterocycles. The fraction of sp³-hybridized carbons (Fsp3) is 0.273. The van der Waals surface area contributed by atoms with Crippen LogP contribution in [0.1, 0.15) is 16.7 Å². The molecule has 3 N–H and O–H groups in total. The molecule has 0 radical (unpaired) electrons. The largest absolute Gasteiger partial charge is 0.506 e. The van der Waals surface area contributed by atoms with Gasteiger partial charge in [0.05, 0.1) is 19.1 Å².